The number of pyridine rings is 1. The minimum absolute atomic E-state index is 0.0522. The van der Waals surface area contributed by atoms with Crippen LogP contribution >= 0.6 is 0 Å². The van der Waals surface area contributed by atoms with Gasteiger partial charge in [-0.25, -0.2) is 22.6 Å². The van der Waals surface area contributed by atoms with Crippen molar-refractivity contribution in [3.8, 4) is 11.5 Å². The quantitative estimate of drug-likeness (QED) is 0.281. The lowest BCUT2D eigenvalue weighted by molar-refractivity contribution is -0.143. The molecule has 3 aliphatic carbocycles. The van der Waals surface area contributed by atoms with Crippen LogP contribution in [0.1, 0.15) is 121 Å². The second-order valence-electron chi connectivity index (χ2n) is 18.1. The number of carbonyl (C=O) groups excluding carboxylic acids is 3. The van der Waals surface area contributed by atoms with E-state index in [1.165, 1.54) is 12.0 Å². The van der Waals surface area contributed by atoms with Gasteiger partial charge in [-0.05, 0) is 82.4 Å². The molecule has 4 amide bonds. The van der Waals surface area contributed by atoms with Gasteiger partial charge in [-0.2, -0.15) is 0 Å². The highest BCUT2D eigenvalue weighted by Crippen LogP contribution is 2.55. The summed E-state index contributed by atoms with van der Waals surface area (Å²) in [6, 6.07) is 2.86. The number of hydrogen-bond donors (Lipinski definition) is 3. The Morgan fingerprint density at radius 2 is 1.90 bits per heavy atom. The maximum absolute atomic E-state index is 17.1. The lowest BCUT2D eigenvalue weighted by Crippen LogP contribution is -2.59. The van der Waals surface area contributed by atoms with Crippen molar-refractivity contribution in [1.29, 1.82) is 0 Å². The Morgan fingerprint density at radius 1 is 1.14 bits per heavy atom. The first kappa shape index (κ1) is 40.3. The van der Waals surface area contributed by atoms with E-state index in [2.05, 4.69) is 10.0 Å². The number of amides is 4. The first-order valence-electron chi connectivity index (χ1n) is 20.7. The highest BCUT2D eigenvalue weighted by Gasteiger charge is 2.64. The number of aromatic nitrogens is 1. The molecule has 1 saturated heterocycles. The molecular formula is C42H54FN5O9S. The molecule has 0 unspecified atom stereocenters. The summed E-state index contributed by atoms with van der Waals surface area (Å²) in [6.07, 6.45) is 6.04. The second-order valence-corrected chi connectivity index (χ2v) is 20.3. The normalized spacial score (nSPS) is 31.2. The van der Waals surface area contributed by atoms with E-state index in [0.717, 1.165) is 24.2 Å². The molecule has 4 heterocycles. The maximum Gasteiger partial charge on any atom is 0.407 e. The van der Waals surface area contributed by atoms with Crippen LogP contribution in [0.3, 0.4) is 0 Å². The summed E-state index contributed by atoms with van der Waals surface area (Å²) in [7, 11) is -2.52. The Bertz CT molecular complexity index is 2170. The zero-order valence-electron chi connectivity index (χ0n) is 33.6. The van der Waals surface area contributed by atoms with Gasteiger partial charge in [0.2, 0.25) is 21.8 Å². The maximum atomic E-state index is 17.1. The smallest absolute Gasteiger partial charge is 0.407 e. The number of rotatable bonds is 8. The first-order chi connectivity index (χ1) is 27.5. The Morgan fingerprint density at radius 3 is 2.57 bits per heavy atom. The van der Waals surface area contributed by atoms with Gasteiger partial charge in [0.15, 0.2) is 0 Å². The van der Waals surface area contributed by atoms with E-state index in [0.29, 0.717) is 65.8 Å². The van der Waals surface area contributed by atoms with Crippen molar-refractivity contribution in [3.63, 3.8) is 0 Å². The van der Waals surface area contributed by atoms with Gasteiger partial charge in [-0.1, -0.05) is 38.8 Å². The molecular weight excluding hydrogens is 770 g/mol. The molecule has 6 aliphatic rings. The van der Waals surface area contributed by atoms with Crippen LogP contribution in [0, 0.1) is 11.8 Å². The first-order valence-corrected chi connectivity index (χ1v) is 22.2. The second kappa shape index (κ2) is 14.7. The number of fused-ring (bicyclic) bond motifs is 5. The van der Waals surface area contributed by atoms with Crippen LogP contribution in [0.2, 0.25) is 0 Å². The van der Waals surface area contributed by atoms with Crippen molar-refractivity contribution in [2.75, 3.05) is 20.2 Å². The van der Waals surface area contributed by atoms with Crippen LogP contribution < -0.4 is 19.5 Å². The molecule has 14 nitrogen and oxygen atoms in total. The lowest BCUT2D eigenvalue weighted by Gasteiger charge is -2.39. The molecule has 3 N–H and O–H groups in total. The summed E-state index contributed by atoms with van der Waals surface area (Å²) >= 11 is 0. The third-order valence-electron chi connectivity index (χ3n) is 13.1. The fourth-order valence-corrected chi connectivity index (χ4v) is 10.5. The van der Waals surface area contributed by atoms with Gasteiger partial charge in [0.25, 0.3) is 5.91 Å². The number of alkyl halides is 1. The monoisotopic (exact) mass is 823 g/mol. The summed E-state index contributed by atoms with van der Waals surface area (Å²) in [5, 5.41) is 13.9. The zero-order chi connectivity index (χ0) is 41.4. The Hall–Kier alpha value is -4.47. The predicted octanol–water partition coefficient (Wildman–Crippen LogP) is 5.65. The van der Waals surface area contributed by atoms with Gasteiger partial charge < -0.3 is 24.8 Å². The molecule has 0 bridgehead atoms. The van der Waals surface area contributed by atoms with Crippen LogP contribution in [0.4, 0.5) is 9.18 Å². The van der Waals surface area contributed by atoms with Crippen molar-refractivity contribution in [3.05, 3.63) is 41.6 Å². The third-order valence-corrected chi connectivity index (χ3v) is 15.3. The Labute approximate surface area is 338 Å². The molecule has 16 heteroatoms. The average Bonchev–Trinajstić information content (AvgIpc) is 4.10. The highest BCUT2D eigenvalue weighted by atomic mass is 32.2. The van der Waals surface area contributed by atoms with Crippen LogP contribution in [-0.4, -0.2) is 100 Å². The summed E-state index contributed by atoms with van der Waals surface area (Å²) in [4.78, 5) is 64.1. The minimum atomic E-state index is -4.05. The number of sulfonamides is 1. The Kier molecular flexibility index (Phi) is 10.2. The molecule has 6 atom stereocenters. The molecule has 3 saturated carbocycles. The van der Waals surface area contributed by atoms with Crippen LogP contribution in [-0.2, 0) is 24.4 Å². The van der Waals surface area contributed by atoms with Crippen molar-refractivity contribution in [2.45, 2.75) is 138 Å². The van der Waals surface area contributed by atoms with Gasteiger partial charge in [0.1, 0.15) is 40.9 Å². The molecule has 1 aromatic heterocycles. The van der Waals surface area contributed by atoms with Crippen molar-refractivity contribution < 1.29 is 46.6 Å². The van der Waals surface area contributed by atoms with Crippen molar-refractivity contribution in [1.82, 2.24) is 24.8 Å². The van der Waals surface area contributed by atoms with E-state index in [4.69, 9.17) is 14.5 Å². The summed E-state index contributed by atoms with van der Waals surface area (Å²) < 4.78 is 57.2. The van der Waals surface area contributed by atoms with Gasteiger partial charge >= 0.3 is 6.09 Å². The number of carboxylic acid groups (broad SMARTS) is 1. The number of benzene rings is 1. The van der Waals surface area contributed by atoms with Crippen LogP contribution in [0.5, 0.6) is 11.5 Å². The lowest BCUT2D eigenvalue weighted by atomic mass is 9.85. The van der Waals surface area contributed by atoms with Gasteiger partial charge in [-0.3, -0.25) is 24.0 Å². The Balaban J connectivity index is 1.20. The van der Waals surface area contributed by atoms with E-state index >= 15 is 9.18 Å². The topological polar surface area (TPSA) is 185 Å². The largest absolute Gasteiger partial charge is 0.497 e. The fourth-order valence-electron chi connectivity index (χ4n) is 9.21. The number of nitrogens with one attached hydrogen (secondary N) is 2. The van der Waals surface area contributed by atoms with Crippen LogP contribution in [0.15, 0.2) is 30.4 Å². The van der Waals surface area contributed by atoms with Crippen LogP contribution in [0.25, 0.3) is 10.9 Å². The number of allylic oxidation sites excluding steroid dienone is 1. The number of carbonyl (C=O) groups is 4. The highest BCUT2D eigenvalue weighted by molar-refractivity contribution is 7.91. The molecule has 4 fully saturated rings. The molecule has 3 aliphatic heterocycles. The number of hydrogen-bond acceptors (Lipinski definition) is 9. The summed E-state index contributed by atoms with van der Waals surface area (Å²) in [5.74, 6) is -1.91. The predicted molar refractivity (Wildman–Crippen MR) is 211 cm³/mol. The molecule has 2 aromatic rings. The standard InChI is InChI=1S/C42H54FN5O9S/c1-24(2)22-47(39(52)53)31-11-9-7-5-6-8-10-26-19-42(26,38(51)46-58(54,55)40(3)16-17-40)45-36(49)32-21-41(23-48(32)37(31)50)20-29(43)33-28-18-27(56-4)14-15-30(28)44-34(25-12-13-25)35(33)57-41/h8,10,14-15,18,24-26,29,31-32H,5-7,9,11-13,16-17,19-23H2,1-4H3,(H,45,49)(H,46,51)(H,52,53)/b10-8-/t26-,29-,31+,32+,41-,42-/m1/s1. The molecule has 0 radical (unpaired) electrons. The van der Waals surface area contributed by atoms with E-state index in [1.54, 1.807) is 25.1 Å². The fraction of sp³-hybridized carbons (Fsp3) is 0.643. The molecule has 58 heavy (non-hydrogen) atoms. The average molecular weight is 824 g/mol. The minimum Gasteiger partial charge on any atom is -0.497 e. The number of nitrogens with zero attached hydrogens (tertiary/aromatic N) is 3. The molecule has 314 valence electrons. The van der Waals surface area contributed by atoms with E-state index < -0.39 is 73.9 Å². The summed E-state index contributed by atoms with van der Waals surface area (Å²) in [6.45, 7) is 5.15. The molecule has 1 spiro atoms. The van der Waals surface area contributed by atoms with Crippen molar-refractivity contribution in [2.24, 2.45) is 11.8 Å². The SMILES string of the molecule is COc1ccc2nc(C3CC3)c3c(c2c1)[C@H](F)C[C@]1(C[C@H]2C(=O)N[C@]4(C(=O)NS(=O)(=O)C5(C)CC5)C[C@H]4/C=C\CCCCC[C@H](N(CC(C)C)C(=O)O)C(=O)N2C1)O3. The molecule has 1 aromatic carbocycles. The van der Waals surface area contributed by atoms with Crippen molar-refractivity contribution >= 4 is 44.7 Å². The summed E-state index contributed by atoms with van der Waals surface area (Å²) in [5.41, 5.74) is -1.45. The molecule has 8 rings (SSSR count). The van der Waals surface area contributed by atoms with Gasteiger partial charge in [-0.15, -0.1) is 0 Å². The third kappa shape index (κ3) is 7.27. The van der Waals surface area contributed by atoms with E-state index in [1.807, 2.05) is 26.0 Å². The number of methoxy groups -OCH3 is 1. The van der Waals surface area contributed by atoms with Gasteiger partial charge in [0.05, 0.1) is 29.6 Å². The number of ether oxygens (including phenoxy) is 2. The van der Waals surface area contributed by atoms with E-state index in [9.17, 15) is 27.9 Å². The van der Waals surface area contributed by atoms with Gasteiger partial charge in [0, 0.05) is 42.2 Å². The number of halogens is 1. The zero-order valence-corrected chi connectivity index (χ0v) is 34.4. The van der Waals surface area contributed by atoms with E-state index in [-0.39, 0.29) is 50.6 Å².